The molecule has 7 heteroatoms. The number of halogens is 1. The second-order valence-electron chi connectivity index (χ2n) is 5.08. The zero-order valence-corrected chi connectivity index (χ0v) is 12.5. The van der Waals surface area contributed by atoms with Gasteiger partial charge in [-0.2, -0.15) is 0 Å². The highest BCUT2D eigenvalue weighted by atomic mass is 35.5. The zero-order chi connectivity index (χ0) is 15.3. The molecule has 2 amide bonds. The largest absolute Gasteiger partial charge is 0.370 e. The molecule has 1 aromatic heterocycles. The molecule has 0 aliphatic carbocycles. The van der Waals surface area contributed by atoms with Crippen LogP contribution < -0.4 is 16.4 Å². The summed E-state index contributed by atoms with van der Waals surface area (Å²) in [4.78, 5) is 27.2. The molecule has 0 bridgehead atoms. The maximum Gasteiger partial charge on any atom is 0.251 e. The van der Waals surface area contributed by atoms with Gasteiger partial charge >= 0.3 is 0 Å². The average molecular weight is 299 g/mol. The van der Waals surface area contributed by atoms with Gasteiger partial charge in [0.05, 0.1) is 0 Å². The summed E-state index contributed by atoms with van der Waals surface area (Å²) in [6.07, 6.45) is 0.0532. The number of hydrogen-bond acceptors (Lipinski definition) is 4. The van der Waals surface area contributed by atoms with Crippen molar-refractivity contribution >= 4 is 29.2 Å². The fourth-order valence-corrected chi connectivity index (χ4v) is 1.97. The lowest BCUT2D eigenvalue weighted by Gasteiger charge is -2.24. The fourth-order valence-electron chi connectivity index (χ4n) is 1.76. The molecule has 0 aliphatic heterocycles. The van der Waals surface area contributed by atoms with E-state index in [0.29, 0.717) is 17.9 Å². The highest BCUT2D eigenvalue weighted by Gasteiger charge is 2.23. The summed E-state index contributed by atoms with van der Waals surface area (Å²) < 4.78 is 0. The molecule has 1 aromatic rings. The van der Waals surface area contributed by atoms with Gasteiger partial charge in [-0.3, -0.25) is 9.59 Å². The lowest BCUT2D eigenvalue weighted by molar-refractivity contribution is -0.119. The van der Waals surface area contributed by atoms with E-state index >= 15 is 0 Å². The monoisotopic (exact) mass is 298 g/mol. The first-order valence-electron chi connectivity index (χ1n) is 6.26. The van der Waals surface area contributed by atoms with E-state index in [1.54, 1.807) is 19.9 Å². The first-order valence-corrected chi connectivity index (χ1v) is 6.63. The molecule has 4 N–H and O–H groups in total. The van der Waals surface area contributed by atoms with Crippen LogP contribution in [0.25, 0.3) is 0 Å². The van der Waals surface area contributed by atoms with Crippen LogP contribution in [0.15, 0.2) is 12.1 Å². The lowest BCUT2D eigenvalue weighted by atomic mass is 9.99. The van der Waals surface area contributed by atoms with Crippen LogP contribution in [0.1, 0.15) is 37.6 Å². The third-order valence-corrected chi connectivity index (χ3v) is 2.68. The molecular formula is C13H19ClN4O2. The first kappa shape index (κ1) is 16.2. The Bertz CT molecular complexity index is 517. The van der Waals surface area contributed by atoms with Crippen molar-refractivity contribution < 1.29 is 9.59 Å². The van der Waals surface area contributed by atoms with Gasteiger partial charge in [0.2, 0.25) is 5.91 Å². The van der Waals surface area contributed by atoms with Crippen LogP contribution in [-0.4, -0.2) is 28.9 Å². The minimum absolute atomic E-state index is 0.0532. The number of amides is 2. The normalized spacial score (nSPS) is 11.0. The van der Waals surface area contributed by atoms with Crippen molar-refractivity contribution in [2.24, 2.45) is 5.73 Å². The molecule has 0 radical (unpaired) electrons. The molecular weight excluding hydrogens is 280 g/mol. The van der Waals surface area contributed by atoms with Crippen LogP contribution in [-0.2, 0) is 4.79 Å². The number of nitrogens with two attached hydrogens (primary N) is 1. The fraction of sp³-hybridized carbons (Fsp3) is 0.462. The van der Waals surface area contributed by atoms with Crippen molar-refractivity contribution in [1.29, 1.82) is 0 Å². The van der Waals surface area contributed by atoms with Crippen molar-refractivity contribution in [2.75, 3.05) is 11.9 Å². The number of carbonyl (C=O) groups is 2. The highest BCUT2D eigenvalue weighted by Crippen LogP contribution is 2.16. The Morgan fingerprint density at radius 1 is 1.40 bits per heavy atom. The van der Waals surface area contributed by atoms with E-state index < -0.39 is 11.4 Å². The Kier molecular flexibility index (Phi) is 5.33. The van der Waals surface area contributed by atoms with E-state index in [9.17, 15) is 9.59 Å². The summed E-state index contributed by atoms with van der Waals surface area (Å²) in [6, 6.07) is 3.07. The molecule has 0 spiro atoms. The van der Waals surface area contributed by atoms with Gasteiger partial charge in [-0.25, -0.2) is 4.98 Å². The van der Waals surface area contributed by atoms with E-state index in [0.717, 1.165) is 0 Å². The summed E-state index contributed by atoms with van der Waals surface area (Å²) in [7, 11) is 0. The second-order valence-corrected chi connectivity index (χ2v) is 5.46. The van der Waals surface area contributed by atoms with Crippen LogP contribution >= 0.6 is 11.6 Å². The molecule has 0 aliphatic rings. The smallest absolute Gasteiger partial charge is 0.251 e. The van der Waals surface area contributed by atoms with E-state index in [1.807, 2.05) is 6.92 Å². The SMILES string of the molecule is CCNc1cc(C(=O)NC(C)(C)CC(N)=O)cc(Cl)n1. The summed E-state index contributed by atoms with van der Waals surface area (Å²) >= 11 is 5.88. The molecule has 20 heavy (non-hydrogen) atoms. The maximum atomic E-state index is 12.2. The third-order valence-electron chi connectivity index (χ3n) is 2.48. The van der Waals surface area contributed by atoms with Crippen LogP contribution in [0.2, 0.25) is 5.15 Å². The van der Waals surface area contributed by atoms with Crippen molar-refractivity contribution in [1.82, 2.24) is 10.3 Å². The van der Waals surface area contributed by atoms with Crippen molar-refractivity contribution in [2.45, 2.75) is 32.7 Å². The van der Waals surface area contributed by atoms with E-state index in [2.05, 4.69) is 15.6 Å². The Labute approximate surface area is 123 Å². The predicted octanol–water partition coefficient (Wildman–Crippen LogP) is 1.55. The van der Waals surface area contributed by atoms with Gasteiger partial charge in [0, 0.05) is 24.1 Å². The van der Waals surface area contributed by atoms with Crippen molar-refractivity contribution in [3.8, 4) is 0 Å². The standard InChI is InChI=1S/C13H19ClN4O2/c1-4-16-11-6-8(5-9(14)17-11)12(20)18-13(2,3)7-10(15)19/h5-6H,4,7H2,1-3H3,(H2,15,19)(H,16,17)(H,18,20). The molecule has 0 saturated carbocycles. The van der Waals surface area contributed by atoms with Gasteiger partial charge in [0.25, 0.3) is 5.91 Å². The number of aromatic nitrogens is 1. The van der Waals surface area contributed by atoms with Gasteiger partial charge < -0.3 is 16.4 Å². The molecule has 0 aromatic carbocycles. The van der Waals surface area contributed by atoms with Crippen LogP contribution in [0, 0.1) is 0 Å². The molecule has 1 heterocycles. The highest BCUT2D eigenvalue weighted by molar-refractivity contribution is 6.29. The molecule has 1 rings (SSSR count). The first-order chi connectivity index (χ1) is 9.23. The van der Waals surface area contributed by atoms with E-state index in [1.165, 1.54) is 6.07 Å². The maximum absolute atomic E-state index is 12.2. The minimum atomic E-state index is -0.725. The lowest BCUT2D eigenvalue weighted by Crippen LogP contribution is -2.46. The number of primary amides is 1. The topological polar surface area (TPSA) is 97.1 Å². The van der Waals surface area contributed by atoms with Gasteiger partial charge in [-0.1, -0.05) is 11.6 Å². The number of nitrogens with zero attached hydrogens (tertiary/aromatic N) is 1. The Balaban J connectivity index is 2.89. The van der Waals surface area contributed by atoms with Crippen LogP contribution in [0.3, 0.4) is 0 Å². The number of anilines is 1. The molecule has 0 fully saturated rings. The summed E-state index contributed by atoms with van der Waals surface area (Å²) in [5.41, 5.74) is 4.80. The number of nitrogens with one attached hydrogen (secondary N) is 2. The van der Waals surface area contributed by atoms with E-state index in [-0.39, 0.29) is 17.5 Å². The number of pyridine rings is 1. The quantitative estimate of drug-likeness (QED) is 0.694. The van der Waals surface area contributed by atoms with Crippen LogP contribution in [0.5, 0.6) is 0 Å². The number of hydrogen-bond donors (Lipinski definition) is 3. The number of carbonyl (C=O) groups excluding carboxylic acids is 2. The molecule has 110 valence electrons. The Hall–Kier alpha value is -1.82. The van der Waals surface area contributed by atoms with Gasteiger partial charge in [0.1, 0.15) is 11.0 Å². The molecule has 0 atom stereocenters. The number of rotatable bonds is 6. The van der Waals surface area contributed by atoms with Gasteiger partial charge in [-0.15, -0.1) is 0 Å². The molecule has 0 unspecified atom stereocenters. The third kappa shape index (κ3) is 5.05. The summed E-state index contributed by atoms with van der Waals surface area (Å²) in [5, 5.41) is 5.96. The van der Waals surface area contributed by atoms with Crippen molar-refractivity contribution in [3.05, 3.63) is 22.8 Å². The summed E-state index contributed by atoms with van der Waals surface area (Å²) in [5.74, 6) is -0.283. The second kappa shape index (κ2) is 6.56. The van der Waals surface area contributed by atoms with E-state index in [4.69, 9.17) is 17.3 Å². The predicted molar refractivity (Wildman–Crippen MR) is 78.8 cm³/mol. The zero-order valence-electron chi connectivity index (χ0n) is 11.8. The summed E-state index contributed by atoms with van der Waals surface area (Å²) in [6.45, 7) is 6.03. The Morgan fingerprint density at radius 3 is 2.60 bits per heavy atom. The van der Waals surface area contributed by atoms with Gasteiger partial charge in [0.15, 0.2) is 0 Å². The van der Waals surface area contributed by atoms with Crippen molar-refractivity contribution in [3.63, 3.8) is 0 Å². The Morgan fingerprint density at radius 2 is 2.05 bits per heavy atom. The molecule has 6 nitrogen and oxygen atoms in total. The van der Waals surface area contributed by atoms with Crippen LogP contribution in [0.4, 0.5) is 5.82 Å². The minimum Gasteiger partial charge on any atom is -0.370 e. The van der Waals surface area contributed by atoms with Gasteiger partial charge in [-0.05, 0) is 32.9 Å². The molecule has 0 saturated heterocycles. The average Bonchev–Trinajstić information content (AvgIpc) is 2.25.